The summed E-state index contributed by atoms with van der Waals surface area (Å²) in [5.41, 5.74) is 0.488. The average molecular weight is 377 g/mol. The number of Topliss-reactive ketones (excluding diaryl/α,β-unsaturated/α-hetero) is 1. The van der Waals surface area contributed by atoms with Gasteiger partial charge in [0.1, 0.15) is 17.7 Å². The first kappa shape index (κ1) is 18.0. The zero-order valence-electron chi connectivity index (χ0n) is 15.0. The number of hydrogen-bond donors (Lipinski definition) is 0. The lowest BCUT2D eigenvalue weighted by atomic mass is 9.83. The van der Waals surface area contributed by atoms with Crippen molar-refractivity contribution in [3.05, 3.63) is 41.3 Å². The van der Waals surface area contributed by atoms with Crippen LogP contribution in [-0.2, 0) is 9.53 Å². The molecule has 0 saturated carbocycles. The second-order valence-electron chi connectivity index (χ2n) is 7.16. The Labute approximate surface area is 155 Å². The van der Waals surface area contributed by atoms with Crippen LogP contribution < -0.4 is 4.90 Å². The number of ether oxygens (including phenoxy) is 1. The Morgan fingerprint density at radius 3 is 2.44 bits per heavy atom. The van der Waals surface area contributed by atoms with E-state index in [2.05, 4.69) is 10.2 Å². The van der Waals surface area contributed by atoms with E-state index in [1.807, 2.05) is 4.90 Å². The van der Waals surface area contributed by atoms with Crippen LogP contribution in [0.5, 0.6) is 0 Å². The maximum atomic E-state index is 13.6. The number of nitrogens with zero attached hydrogens (tertiary/aromatic N) is 3. The summed E-state index contributed by atoms with van der Waals surface area (Å²) in [6, 6.07) is 3.90. The SMILES string of the molecule is Cc1nnc(N2CCC(C(=O)C3OCC[C@H]3c3cc(F)cc(F)c3)CC2)o1. The minimum atomic E-state index is -0.645. The number of carbonyl (C=O) groups is 1. The summed E-state index contributed by atoms with van der Waals surface area (Å²) in [5.74, 6) is -1.19. The van der Waals surface area contributed by atoms with Crippen molar-refractivity contribution in [1.29, 1.82) is 0 Å². The van der Waals surface area contributed by atoms with Crippen molar-refractivity contribution < 1.29 is 22.7 Å². The lowest BCUT2D eigenvalue weighted by molar-refractivity contribution is -0.133. The number of anilines is 1. The van der Waals surface area contributed by atoms with E-state index in [1.165, 1.54) is 12.1 Å². The fourth-order valence-electron chi connectivity index (χ4n) is 4.00. The molecule has 8 heteroatoms. The van der Waals surface area contributed by atoms with Gasteiger partial charge in [-0.1, -0.05) is 5.10 Å². The second-order valence-corrected chi connectivity index (χ2v) is 7.16. The molecule has 6 nitrogen and oxygen atoms in total. The molecule has 2 aromatic rings. The van der Waals surface area contributed by atoms with Crippen molar-refractivity contribution in [2.24, 2.45) is 5.92 Å². The van der Waals surface area contributed by atoms with Crippen LogP contribution in [0.3, 0.4) is 0 Å². The summed E-state index contributed by atoms with van der Waals surface area (Å²) in [7, 11) is 0. The van der Waals surface area contributed by atoms with Gasteiger partial charge in [-0.25, -0.2) is 8.78 Å². The van der Waals surface area contributed by atoms with Crippen molar-refractivity contribution in [3.8, 4) is 0 Å². The number of hydrogen-bond acceptors (Lipinski definition) is 6. The van der Waals surface area contributed by atoms with Crippen LogP contribution in [0.2, 0.25) is 0 Å². The number of benzene rings is 1. The normalized spacial score (nSPS) is 23.7. The van der Waals surface area contributed by atoms with Gasteiger partial charge in [0.05, 0.1) is 0 Å². The smallest absolute Gasteiger partial charge is 0.318 e. The highest BCUT2D eigenvalue weighted by atomic mass is 19.1. The number of carbonyl (C=O) groups excluding carboxylic acids is 1. The first-order valence-electron chi connectivity index (χ1n) is 9.17. The van der Waals surface area contributed by atoms with Crippen molar-refractivity contribution in [2.45, 2.75) is 38.2 Å². The molecule has 2 saturated heterocycles. The van der Waals surface area contributed by atoms with Crippen LogP contribution in [0.4, 0.5) is 14.8 Å². The van der Waals surface area contributed by atoms with E-state index in [1.54, 1.807) is 6.92 Å². The Bertz CT molecular complexity index is 813. The average Bonchev–Trinajstić information content (AvgIpc) is 3.29. The van der Waals surface area contributed by atoms with Crippen molar-refractivity contribution in [1.82, 2.24) is 10.2 Å². The summed E-state index contributed by atoms with van der Waals surface area (Å²) in [6.07, 6.45) is 1.25. The molecule has 144 valence electrons. The van der Waals surface area contributed by atoms with Crippen LogP contribution in [0.1, 0.15) is 36.6 Å². The molecule has 0 aliphatic carbocycles. The second kappa shape index (κ2) is 7.34. The van der Waals surface area contributed by atoms with E-state index in [0.717, 1.165) is 6.07 Å². The maximum Gasteiger partial charge on any atom is 0.318 e. The molecule has 1 aromatic carbocycles. The summed E-state index contributed by atoms with van der Waals surface area (Å²) in [5, 5.41) is 7.84. The molecule has 1 aromatic heterocycles. The van der Waals surface area contributed by atoms with E-state index in [0.29, 0.717) is 56.4 Å². The predicted molar refractivity (Wildman–Crippen MR) is 92.4 cm³/mol. The van der Waals surface area contributed by atoms with Crippen LogP contribution in [0.25, 0.3) is 0 Å². The zero-order valence-corrected chi connectivity index (χ0v) is 15.0. The summed E-state index contributed by atoms with van der Waals surface area (Å²) < 4.78 is 38.3. The number of ketones is 1. The molecule has 0 spiro atoms. The van der Waals surface area contributed by atoms with Gasteiger partial charge in [-0.2, -0.15) is 0 Å². The number of halogens is 2. The standard InChI is InChI=1S/C19H21F2N3O3/c1-11-22-23-19(27-11)24-5-2-12(3-6-24)17(25)18-16(4-7-26-18)13-8-14(20)10-15(21)9-13/h8-10,12,16,18H,2-7H2,1H3/t16-,18?/m0/s1. The molecular weight excluding hydrogens is 356 g/mol. The molecule has 2 aliphatic heterocycles. The van der Waals surface area contributed by atoms with Gasteiger partial charge in [0, 0.05) is 44.5 Å². The molecule has 4 rings (SSSR count). The van der Waals surface area contributed by atoms with Crippen molar-refractivity contribution in [2.75, 3.05) is 24.6 Å². The molecule has 2 aliphatic rings. The van der Waals surface area contributed by atoms with E-state index in [9.17, 15) is 13.6 Å². The first-order valence-corrected chi connectivity index (χ1v) is 9.17. The largest absolute Gasteiger partial charge is 0.408 e. The Morgan fingerprint density at radius 1 is 1.11 bits per heavy atom. The molecule has 2 fully saturated rings. The van der Waals surface area contributed by atoms with Gasteiger partial charge in [-0.05, 0) is 37.0 Å². The van der Waals surface area contributed by atoms with Gasteiger partial charge < -0.3 is 14.1 Å². The molecule has 0 bridgehead atoms. The van der Waals surface area contributed by atoms with Gasteiger partial charge in [0.2, 0.25) is 5.89 Å². The van der Waals surface area contributed by atoms with Crippen molar-refractivity contribution >= 4 is 11.8 Å². The minimum absolute atomic E-state index is 0.0172. The molecule has 3 heterocycles. The Morgan fingerprint density at radius 2 is 1.81 bits per heavy atom. The third-order valence-electron chi connectivity index (χ3n) is 5.37. The van der Waals surface area contributed by atoms with Crippen LogP contribution in [0, 0.1) is 24.5 Å². The molecule has 1 unspecified atom stereocenters. The van der Waals surface area contributed by atoms with Crippen molar-refractivity contribution in [3.63, 3.8) is 0 Å². The quantitative estimate of drug-likeness (QED) is 0.816. The number of piperidine rings is 1. The lowest BCUT2D eigenvalue weighted by Crippen LogP contribution is -2.40. The monoisotopic (exact) mass is 377 g/mol. The third kappa shape index (κ3) is 3.71. The third-order valence-corrected chi connectivity index (χ3v) is 5.37. The van der Waals surface area contributed by atoms with Gasteiger partial charge in [-0.15, -0.1) is 5.10 Å². The minimum Gasteiger partial charge on any atom is -0.408 e. The molecular formula is C19H21F2N3O3. The number of aromatic nitrogens is 2. The fourth-order valence-corrected chi connectivity index (χ4v) is 4.00. The van der Waals surface area contributed by atoms with E-state index >= 15 is 0 Å². The predicted octanol–water partition coefficient (Wildman–Crippen LogP) is 3.01. The highest BCUT2D eigenvalue weighted by Crippen LogP contribution is 2.36. The van der Waals surface area contributed by atoms with Gasteiger partial charge in [-0.3, -0.25) is 4.79 Å². The molecule has 0 radical (unpaired) electrons. The molecule has 2 atom stereocenters. The maximum absolute atomic E-state index is 13.6. The fraction of sp³-hybridized carbons (Fsp3) is 0.526. The van der Waals surface area contributed by atoms with Crippen LogP contribution >= 0.6 is 0 Å². The first-order chi connectivity index (χ1) is 13.0. The molecule has 0 amide bonds. The van der Waals surface area contributed by atoms with Gasteiger partial charge in [0.25, 0.3) is 0 Å². The summed E-state index contributed by atoms with van der Waals surface area (Å²) >= 11 is 0. The Balaban J connectivity index is 1.43. The van der Waals surface area contributed by atoms with Gasteiger partial charge in [0.15, 0.2) is 5.78 Å². The topological polar surface area (TPSA) is 68.5 Å². The van der Waals surface area contributed by atoms with Crippen LogP contribution in [-0.4, -0.2) is 41.8 Å². The Hall–Kier alpha value is -2.35. The summed E-state index contributed by atoms with van der Waals surface area (Å²) in [6.45, 7) is 3.44. The van der Waals surface area contributed by atoms with Gasteiger partial charge >= 0.3 is 6.01 Å². The molecule has 0 N–H and O–H groups in total. The highest BCUT2D eigenvalue weighted by Gasteiger charge is 2.40. The molecule has 27 heavy (non-hydrogen) atoms. The number of aryl methyl sites for hydroxylation is 1. The number of rotatable bonds is 4. The van der Waals surface area contributed by atoms with E-state index < -0.39 is 17.7 Å². The lowest BCUT2D eigenvalue weighted by Gasteiger charge is -2.31. The highest BCUT2D eigenvalue weighted by molar-refractivity contribution is 5.87. The van der Waals surface area contributed by atoms with Crippen LogP contribution in [0.15, 0.2) is 22.6 Å². The van der Waals surface area contributed by atoms with E-state index in [4.69, 9.17) is 9.15 Å². The Kier molecular flexibility index (Phi) is 4.90. The van der Waals surface area contributed by atoms with E-state index in [-0.39, 0.29) is 17.6 Å². The zero-order chi connectivity index (χ0) is 19.0. The summed E-state index contributed by atoms with van der Waals surface area (Å²) in [4.78, 5) is 15.0.